The Hall–Kier alpha value is -1.96. The van der Waals surface area contributed by atoms with E-state index >= 15 is 0 Å². The molecule has 0 aliphatic rings. The number of nitrogens with two attached hydrogens (primary N) is 1. The zero-order valence-corrected chi connectivity index (χ0v) is 10.9. The molecule has 0 radical (unpaired) electrons. The number of carbonyl (C=O) groups is 1. The van der Waals surface area contributed by atoms with E-state index in [2.05, 4.69) is 20.6 Å². The SMILES string of the molecule is CC(C)n1nccc1C(=O)NCc1nnc(N)s1. The molecule has 0 atom stereocenters. The average Bonchev–Trinajstić information content (AvgIpc) is 2.94. The lowest BCUT2D eigenvalue weighted by Crippen LogP contribution is -2.26. The molecule has 2 heterocycles. The van der Waals surface area contributed by atoms with Crippen molar-refractivity contribution in [3.8, 4) is 0 Å². The Bertz CT molecular complexity index is 546. The van der Waals surface area contributed by atoms with E-state index in [1.165, 1.54) is 11.3 Å². The van der Waals surface area contributed by atoms with Crippen LogP contribution in [-0.2, 0) is 6.54 Å². The van der Waals surface area contributed by atoms with Gasteiger partial charge >= 0.3 is 0 Å². The fraction of sp³-hybridized carbons (Fsp3) is 0.400. The lowest BCUT2D eigenvalue weighted by atomic mass is 10.3. The maximum absolute atomic E-state index is 12.0. The fourth-order valence-electron chi connectivity index (χ4n) is 1.49. The minimum Gasteiger partial charge on any atom is -0.374 e. The quantitative estimate of drug-likeness (QED) is 0.854. The molecule has 2 rings (SSSR count). The Labute approximate surface area is 108 Å². The van der Waals surface area contributed by atoms with Crippen molar-refractivity contribution in [2.45, 2.75) is 26.4 Å². The highest BCUT2D eigenvalue weighted by molar-refractivity contribution is 7.15. The Morgan fingerprint density at radius 2 is 2.33 bits per heavy atom. The molecular weight excluding hydrogens is 252 g/mol. The Kier molecular flexibility index (Phi) is 3.56. The van der Waals surface area contributed by atoms with Gasteiger partial charge in [0.25, 0.3) is 5.91 Å². The average molecular weight is 266 g/mol. The Morgan fingerprint density at radius 1 is 1.56 bits per heavy atom. The van der Waals surface area contributed by atoms with Crippen molar-refractivity contribution in [1.29, 1.82) is 0 Å². The van der Waals surface area contributed by atoms with Crippen molar-refractivity contribution in [3.63, 3.8) is 0 Å². The molecule has 0 spiro atoms. The second kappa shape index (κ2) is 5.13. The van der Waals surface area contributed by atoms with Gasteiger partial charge in [0.1, 0.15) is 10.7 Å². The summed E-state index contributed by atoms with van der Waals surface area (Å²) < 4.78 is 1.67. The molecule has 0 aliphatic carbocycles. The van der Waals surface area contributed by atoms with Crippen molar-refractivity contribution in [2.75, 3.05) is 5.73 Å². The van der Waals surface area contributed by atoms with Crippen LogP contribution in [-0.4, -0.2) is 25.9 Å². The molecule has 0 bridgehead atoms. The van der Waals surface area contributed by atoms with Crippen LogP contribution in [0.15, 0.2) is 12.3 Å². The topological polar surface area (TPSA) is 98.7 Å². The summed E-state index contributed by atoms with van der Waals surface area (Å²) in [5, 5.41) is 15.5. The molecule has 8 heteroatoms. The first-order valence-electron chi connectivity index (χ1n) is 5.47. The Balaban J connectivity index is 2.01. The molecular formula is C10H14N6OS. The standard InChI is InChI=1S/C10H14N6OS/c1-6(2)16-7(3-4-13-16)9(17)12-5-8-14-15-10(11)18-8/h3-4,6H,5H2,1-2H3,(H2,11,15)(H,12,17). The van der Waals surface area contributed by atoms with Crippen LogP contribution >= 0.6 is 11.3 Å². The van der Waals surface area contributed by atoms with Crippen LogP contribution in [0.1, 0.15) is 35.4 Å². The molecule has 3 N–H and O–H groups in total. The van der Waals surface area contributed by atoms with E-state index in [9.17, 15) is 4.79 Å². The monoisotopic (exact) mass is 266 g/mol. The van der Waals surface area contributed by atoms with E-state index in [1.54, 1.807) is 16.9 Å². The fourth-order valence-corrected chi connectivity index (χ4v) is 2.04. The largest absolute Gasteiger partial charge is 0.374 e. The third kappa shape index (κ3) is 2.65. The number of nitrogens with one attached hydrogen (secondary N) is 1. The van der Waals surface area contributed by atoms with Gasteiger partial charge in [0.2, 0.25) is 5.13 Å². The highest BCUT2D eigenvalue weighted by atomic mass is 32.1. The maximum atomic E-state index is 12.0. The van der Waals surface area contributed by atoms with E-state index in [-0.39, 0.29) is 11.9 Å². The number of nitrogen functional groups attached to an aromatic ring is 1. The summed E-state index contributed by atoms with van der Waals surface area (Å²) in [4.78, 5) is 12.0. The van der Waals surface area contributed by atoms with Crippen molar-refractivity contribution in [1.82, 2.24) is 25.3 Å². The molecule has 0 fully saturated rings. The van der Waals surface area contributed by atoms with Crippen molar-refractivity contribution in [2.24, 2.45) is 0 Å². The molecule has 2 aromatic heterocycles. The van der Waals surface area contributed by atoms with Gasteiger partial charge in [-0.3, -0.25) is 9.48 Å². The molecule has 96 valence electrons. The predicted octanol–water partition coefficient (Wildman–Crippen LogP) is 0.828. The van der Waals surface area contributed by atoms with Gasteiger partial charge in [-0.05, 0) is 19.9 Å². The minimum absolute atomic E-state index is 0.137. The van der Waals surface area contributed by atoms with Gasteiger partial charge < -0.3 is 11.1 Å². The zero-order valence-electron chi connectivity index (χ0n) is 10.1. The number of nitrogens with zero attached hydrogens (tertiary/aromatic N) is 4. The van der Waals surface area contributed by atoms with Crippen LogP contribution in [0.3, 0.4) is 0 Å². The van der Waals surface area contributed by atoms with Crippen LogP contribution in [0.5, 0.6) is 0 Å². The molecule has 0 saturated heterocycles. The number of carbonyl (C=O) groups excluding carboxylic acids is 1. The second-order valence-corrected chi connectivity index (χ2v) is 5.07. The van der Waals surface area contributed by atoms with E-state index in [1.807, 2.05) is 13.8 Å². The van der Waals surface area contributed by atoms with Crippen molar-refractivity contribution in [3.05, 3.63) is 23.0 Å². The van der Waals surface area contributed by atoms with Gasteiger partial charge in [-0.15, -0.1) is 10.2 Å². The van der Waals surface area contributed by atoms with E-state index in [4.69, 9.17) is 5.73 Å². The number of rotatable bonds is 4. The lowest BCUT2D eigenvalue weighted by molar-refractivity contribution is 0.0938. The third-order valence-electron chi connectivity index (χ3n) is 2.27. The van der Waals surface area contributed by atoms with Crippen molar-refractivity contribution < 1.29 is 4.79 Å². The molecule has 0 unspecified atom stereocenters. The van der Waals surface area contributed by atoms with Gasteiger partial charge in [-0.25, -0.2) is 0 Å². The summed E-state index contributed by atoms with van der Waals surface area (Å²) in [5.41, 5.74) is 5.99. The Morgan fingerprint density at radius 3 is 2.94 bits per heavy atom. The molecule has 0 saturated carbocycles. The first kappa shape index (κ1) is 12.5. The molecule has 1 amide bonds. The van der Waals surface area contributed by atoms with Gasteiger partial charge in [-0.2, -0.15) is 5.10 Å². The molecule has 0 aromatic carbocycles. The predicted molar refractivity (Wildman–Crippen MR) is 68.1 cm³/mol. The number of hydrogen-bond donors (Lipinski definition) is 2. The van der Waals surface area contributed by atoms with E-state index < -0.39 is 0 Å². The minimum atomic E-state index is -0.185. The third-order valence-corrected chi connectivity index (χ3v) is 3.03. The van der Waals surface area contributed by atoms with Crippen LogP contribution in [0.2, 0.25) is 0 Å². The molecule has 18 heavy (non-hydrogen) atoms. The summed E-state index contributed by atoms with van der Waals surface area (Å²) in [7, 11) is 0. The number of amides is 1. The van der Waals surface area contributed by atoms with Crippen LogP contribution in [0, 0.1) is 0 Å². The summed E-state index contributed by atoms with van der Waals surface area (Å²) in [6.07, 6.45) is 1.61. The van der Waals surface area contributed by atoms with Gasteiger partial charge in [0.05, 0.1) is 6.54 Å². The first-order chi connectivity index (χ1) is 8.58. The van der Waals surface area contributed by atoms with Crippen LogP contribution in [0.25, 0.3) is 0 Å². The summed E-state index contributed by atoms with van der Waals surface area (Å²) in [5.74, 6) is -0.185. The first-order valence-corrected chi connectivity index (χ1v) is 6.29. The van der Waals surface area contributed by atoms with E-state index in [0.717, 1.165) is 0 Å². The molecule has 2 aromatic rings. The summed E-state index contributed by atoms with van der Waals surface area (Å²) in [6.45, 7) is 4.25. The van der Waals surface area contributed by atoms with Crippen LogP contribution < -0.4 is 11.1 Å². The van der Waals surface area contributed by atoms with E-state index in [0.29, 0.717) is 22.4 Å². The second-order valence-electron chi connectivity index (χ2n) is 3.97. The summed E-state index contributed by atoms with van der Waals surface area (Å²) in [6, 6.07) is 1.82. The van der Waals surface area contributed by atoms with Gasteiger partial charge in [-0.1, -0.05) is 11.3 Å². The maximum Gasteiger partial charge on any atom is 0.269 e. The van der Waals surface area contributed by atoms with Crippen molar-refractivity contribution >= 4 is 22.4 Å². The van der Waals surface area contributed by atoms with Gasteiger partial charge in [0.15, 0.2) is 0 Å². The van der Waals surface area contributed by atoms with Gasteiger partial charge in [0, 0.05) is 12.2 Å². The molecule has 0 aliphatic heterocycles. The number of hydrogen-bond acceptors (Lipinski definition) is 6. The highest BCUT2D eigenvalue weighted by Gasteiger charge is 2.14. The van der Waals surface area contributed by atoms with Crippen LogP contribution in [0.4, 0.5) is 5.13 Å². The number of aromatic nitrogens is 4. The molecule has 7 nitrogen and oxygen atoms in total. The lowest BCUT2D eigenvalue weighted by Gasteiger charge is -2.10. The normalized spacial score (nSPS) is 10.8. The summed E-state index contributed by atoms with van der Waals surface area (Å²) >= 11 is 1.26. The number of anilines is 1. The highest BCUT2D eigenvalue weighted by Crippen LogP contribution is 2.11. The smallest absolute Gasteiger partial charge is 0.269 e. The zero-order chi connectivity index (χ0) is 13.1.